The number of hydrogen-bond donors (Lipinski definition) is 0. The molecule has 0 atom stereocenters. The molecule has 0 N–H and O–H groups in total. The van der Waals surface area contributed by atoms with Crippen LogP contribution >= 0.6 is 10.7 Å². The summed E-state index contributed by atoms with van der Waals surface area (Å²) in [5.41, 5.74) is 3.48. The van der Waals surface area contributed by atoms with Crippen molar-refractivity contribution in [2.45, 2.75) is 38.2 Å². The minimum atomic E-state index is -4.00. The first-order valence-corrected chi connectivity index (χ1v) is 16.3. The molecule has 0 aromatic heterocycles. The van der Waals surface area contributed by atoms with Gasteiger partial charge >= 0.3 is 6.09 Å². The summed E-state index contributed by atoms with van der Waals surface area (Å²) in [5, 5.41) is 0. The van der Waals surface area contributed by atoms with E-state index >= 15 is 0 Å². The van der Waals surface area contributed by atoms with E-state index in [2.05, 4.69) is 0 Å². The van der Waals surface area contributed by atoms with Crippen LogP contribution in [0.25, 0.3) is 5.57 Å². The second-order valence-electron chi connectivity index (χ2n) is 9.79. The number of hydrogen-bond acceptors (Lipinski definition) is 6. The van der Waals surface area contributed by atoms with Crippen LogP contribution in [0.3, 0.4) is 0 Å². The third kappa shape index (κ3) is 7.92. The van der Waals surface area contributed by atoms with Crippen molar-refractivity contribution in [3.05, 3.63) is 101 Å². The van der Waals surface area contributed by atoms with Crippen LogP contribution in [0.5, 0.6) is 5.75 Å². The number of rotatable bonds is 7. The molecule has 4 rings (SSSR count). The van der Waals surface area contributed by atoms with E-state index < -0.39 is 15.1 Å². The number of fused-ring (bicyclic) bond motifs is 1. The standard InChI is InChI=1S/C32H35ClN2O6S/c1-3-34(4-2)31(36)26-15-13-25(14-16-26)28-12-8-19-35(32(37)41-23-24-10-6-5-7-11-24)20-9-21-40-30-18-17-27(22-29(28)30)42(33,38)39/h5-7,10-18,22H,3-4,8-9,19-21,23H2,1-2H3/b28-12-. The minimum Gasteiger partial charge on any atom is -0.493 e. The predicted octanol–water partition coefficient (Wildman–Crippen LogP) is 6.34. The van der Waals surface area contributed by atoms with Gasteiger partial charge in [-0.2, -0.15) is 0 Å². The van der Waals surface area contributed by atoms with Crippen molar-refractivity contribution in [3.63, 3.8) is 0 Å². The van der Waals surface area contributed by atoms with Crippen molar-refractivity contribution < 1.29 is 27.5 Å². The van der Waals surface area contributed by atoms with Crippen LogP contribution in [0.1, 0.15) is 53.7 Å². The first kappa shape index (κ1) is 31.1. The summed E-state index contributed by atoms with van der Waals surface area (Å²) in [6, 6.07) is 21.2. The van der Waals surface area contributed by atoms with Crippen molar-refractivity contribution in [2.75, 3.05) is 32.8 Å². The first-order valence-electron chi connectivity index (χ1n) is 14.0. The fourth-order valence-corrected chi connectivity index (χ4v) is 5.55. The van der Waals surface area contributed by atoms with Crippen LogP contribution in [0, 0.1) is 0 Å². The maximum atomic E-state index is 13.0. The van der Waals surface area contributed by atoms with E-state index in [1.807, 2.05) is 62.4 Å². The Bertz CT molecular complexity index is 1520. The summed E-state index contributed by atoms with van der Waals surface area (Å²) in [6.45, 7) is 6.37. The van der Waals surface area contributed by atoms with Crippen LogP contribution in [-0.4, -0.2) is 63.0 Å². The Labute approximate surface area is 251 Å². The molecule has 0 saturated heterocycles. The van der Waals surface area contributed by atoms with Gasteiger partial charge in [0.05, 0.1) is 11.5 Å². The van der Waals surface area contributed by atoms with E-state index in [0.29, 0.717) is 68.1 Å². The number of benzene rings is 3. The molecule has 0 radical (unpaired) electrons. The number of carbonyl (C=O) groups excluding carboxylic acids is 2. The lowest BCUT2D eigenvalue weighted by molar-refractivity contribution is 0.0772. The Morgan fingerprint density at radius 2 is 1.69 bits per heavy atom. The normalized spacial score (nSPS) is 15.3. The summed E-state index contributed by atoms with van der Waals surface area (Å²) in [7, 11) is 1.71. The number of amides is 2. The Morgan fingerprint density at radius 1 is 0.976 bits per heavy atom. The summed E-state index contributed by atoms with van der Waals surface area (Å²) in [4.78, 5) is 29.2. The van der Waals surface area contributed by atoms with Crippen LogP contribution in [-0.2, 0) is 20.4 Å². The zero-order valence-corrected chi connectivity index (χ0v) is 25.4. The second kappa shape index (κ2) is 14.4. The van der Waals surface area contributed by atoms with Gasteiger partial charge < -0.3 is 19.3 Å². The molecule has 1 aliphatic heterocycles. The molecule has 0 bridgehead atoms. The van der Waals surface area contributed by atoms with Gasteiger partial charge in [0.2, 0.25) is 0 Å². The van der Waals surface area contributed by atoms with Gasteiger partial charge in [0.15, 0.2) is 0 Å². The Hall–Kier alpha value is -3.82. The van der Waals surface area contributed by atoms with Gasteiger partial charge in [-0.15, -0.1) is 0 Å². The van der Waals surface area contributed by atoms with Crippen LogP contribution < -0.4 is 4.74 Å². The fourth-order valence-electron chi connectivity index (χ4n) is 4.77. The van der Waals surface area contributed by atoms with Gasteiger partial charge in [-0.05, 0) is 73.7 Å². The molecular formula is C32H35ClN2O6S. The Kier molecular flexibility index (Phi) is 10.7. The van der Waals surface area contributed by atoms with Crippen molar-refractivity contribution in [2.24, 2.45) is 0 Å². The summed E-state index contributed by atoms with van der Waals surface area (Å²) in [6.07, 6.45) is 2.54. The van der Waals surface area contributed by atoms with E-state index in [1.165, 1.54) is 12.1 Å². The third-order valence-electron chi connectivity index (χ3n) is 7.06. The van der Waals surface area contributed by atoms with Gasteiger partial charge in [0.1, 0.15) is 12.4 Å². The molecule has 3 aromatic rings. The minimum absolute atomic E-state index is 0.0493. The average Bonchev–Trinajstić information content (AvgIpc) is 3.04. The summed E-state index contributed by atoms with van der Waals surface area (Å²) >= 11 is 0. The highest BCUT2D eigenvalue weighted by Crippen LogP contribution is 2.35. The van der Waals surface area contributed by atoms with E-state index in [1.54, 1.807) is 28.0 Å². The Balaban J connectivity index is 1.66. The molecule has 0 saturated carbocycles. The fraction of sp³-hybridized carbons (Fsp3) is 0.312. The zero-order valence-electron chi connectivity index (χ0n) is 23.8. The molecule has 10 heteroatoms. The molecular weight excluding hydrogens is 576 g/mol. The Morgan fingerprint density at radius 3 is 2.36 bits per heavy atom. The van der Waals surface area contributed by atoms with Crippen molar-refractivity contribution in [1.29, 1.82) is 0 Å². The lowest BCUT2D eigenvalue weighted by atomic mass is 9.95. The average molecular weight is 611 g/mol. The van der Waals surface area contributed by atoms with Crippen LogP contribution in [0.15, 0.2) is 83.8 Å². The van der Waals surface area contributed by atoms with E-state index in [4.69, 9.17) is 20.2 Å². The first-order chi connectivity index (χ1) is 20.2. The van der Waals surface area contributed by atoms with Gasteiger partial charge in [-0.3, -0.25) is 4.79 Å². The molecule has 222 valence electrons. The largest absolute Gasteiger partial charge is 0.493 e. The molecule has 1 heterocycles. The van der Waals surface area contributed by atoms with Crippen molar-refractivity contribution >= 4 is 37.3 Å². The second-order valence-corrected chi connectivity index (χ2v) is 12.4. The van der Waals surface area contributed by atoms with Gasteiger partial charge in [0, 0.05) is 48.0 Å². The maximum Gasteiger partial charge on any atom is 0.410 e. The monoisotopic (exact) mass is 610 g/mol. The van der Waals surface area contributed by atoms with E-state index in [-0.39, 0.29) is 17.4 Å². The van der Waals surface area contributed by atoms with Crippen LogP contribution in [0.4, 0.5) is 4.79 Å². The lowest BCUT2D eigenvalue weighted by Gasteiger charge is -2.21. The highest BCUT2D eigenvalue weighted by atomic mass is 35.7. The molecule has 0 fully saturated rings. The molecule has 0 spiro atoms. The number of nitrogens with zero attached hydrogens (tertiary/aromatic N) is 2. The lowest BCUT2D eigenvalue weighted by Crippen LogP contribution is -2.34. The van der Waals surface area contributed by atoms with Crippen molar-refractivity contribution in [3.8, 4) is 5.75 Å². The van der Waals surface area contributed by atoms with E-state index in [0.717, 1.165) is 11.1 Å². The molecule has 0 unspecified atom stereocenters. The molecule has 8 nitrogen and oxygen atoms in total. The summed E-state index contributed by atoms with van der Waals surface area (Å²) in [5.74, 6) is 0.431. The highest BCUT2D eigenvalue weighted by Gasteiger charge is 2.21. The maximum absolute atomic E-state index is 13.0. The van der Waals surface area contributed by atoms with Gasteiger partial charge in [-0.1, -0.05) is 48.5 Å². The highest BCUT2D eigenvalue weighted by molar-refractivity contribution is 8.13. The molecule has 3 aromatic carbocycles. The number of ether oxygens (including phenoxy) is 2. The molecule has 1 aliphatic rings. The van der Waals surface area contributed by atoms with E-state index in [9.17, 15) is 18.0 Å². The predicted molar refractivity (Wildman–Crippen MR) is 163 cm³/mol. The van der Waals surface area contributed by atoms with Crippen molar-refractivity contribution in [1.82, 2.24) is 9.80 Å². The topological polar surface area (TPSA) is 93.2 Å². The number of halogens is 1. The van der Waals surface area contributed by atoms with Gasteiger partial charge in [-0.25, -0.2) is 13.2 Å². The molecule has 2 amide bonds. The zero-order chi connectivity index (χ0) is 30.1. The number of carbonyl (C=O) groups is 2. The van der Waals surface area contributed by atoms with Gasteiger partial charge in [0.25, 0.3) is 15.0 Å². The SMILES string of the molecule is CCN(CC)C(=O)c1ccc(/C2=C/CCN(C(=O)OCc3ccccc3)CCCOc3ccc(S(=O)(=O)Cl)cc32)cc1. The molecule has 42 heavy (non-hydrogen) atoms. The summed E-state index contributed by atoms with van der Waals surface area (Å²) < 4.78 is 36.1. The quantitative estimate of drug-likeness (QED) is 0.290. The molecule has 0 aliphatic carbocycles. The van der Waals surface area contributed by atoms with Crippen LogP contribution in [0.2, 0.25) is 0 Å². The third-order valence-corrected chi connectivity index (χ3v) is 8.41. The smallest absolute Gasteiger partial charge is 0.410 e.